The lowest BCUT2D eigenvalue weighted by Crippen LogP contribution is -2.44. The Morgan fingerprint density at radius 3 is 1.82 bits per heavy atom. The Kier molecular flexibility index (Phi) is 11.3. The van der Waals surface area contributed by atoms with Crippen LogP contribution >= 0.6 is 7.37 Å². The molecule has 0 N–H and O–H groups in total. The number of rotatable bonds is 14. The summed E-state index contributed by atoms with van der Waals surface area (Å²) in [6, 6.07) is 17.8. The molecular formula is C29H39O8P. The normalized spacial score (nSPS) is 14.7. The number of benzene rings is 2. The zero-order valence-electron chi connectivity index (χ0n) is 23.1. The van der Waals surface area contributed by atoms with Gasteiger partial charge in [-0.2, -0.15) is 0 Å². The van der Waals surface area contributed by atoms with Gasteiger partial charge in [0.15, 0.2) is 0 Å². The molecule has 0 bridgehead atoms. The van der Waals surface area contributed by atoms with Gasteiger partial charge in [0.05, 0.1) is 18.1 Å². The molecule has 9 heteroatoms. The summed E-state index contributed by atoms with van der Waals surface area (Å²) in [5, 5.41) is 1.10. The van der Waals surface area contributed by atoms with Crippen LogP contribution in [0.2, 0.25) is 0 Å². The highest BCUT2D eigenvalue weighted by molar-refractivity contribution is 7.74. The number of esters is 3. The Bertz CT molecular complexity index is 1070. The molecule has 0 radical (unpaired) electrons. The third-order valence-corrected chi connectivity index (χ3v) is 8.85. The summed E-state index contributed by atoms with van der Waals surface area (Å²) in [5.74, 6) is -1.77. The summed E-state index contributed by atoms with van der Waals surface area (Å²) in [6.07, 6.45) is 0.328. The quantitative estimate of drug-likeness (QED) is 0.142. The average Bonchev–Trinajstić information content (AvgIpc) is 2.89. The van der Waals surface area contributed by atoms with Crippen molar-refractivity contribution in [3.05, 3.63) is 60.7 Å². The second-order valence-electron chi connectivity index (χ2n) is 9.88. The maximum Gasteiger partial charge on any atom is 0.350 e. The standard InChI is InChI=1S/C29H39O8P/c1-7-28(5,18-19-29(6,37-23(4)30)27(32)36-22(2)3)26(31)34-20-21-35-38(33,24-14-10-8-11-15-24)25-16-12-9-13-17-25/h8-17,22H,7,18-21H2,1-6H3. The minimum Gasteiger partial charge on any atom is -0.463 e. The Morgan fingerprint density at radius 1 is 0.842 bits per heavy atom. The van der Waals surface area contributed by atoms with Crippen molar-refractivity contribution in [3.8, 4) is 0 Å². The number of hydrogen-bond donors (Lipinski definition) is 0. The van der Waals surface area contributed by atoms with Crippen LogP contribution in [-0.4, -0.2) is 42.8 Å². The van der Waals surface area contributed by atoms with E-state index in [1.807, 2.05) is 19.1 Å². The van der Waals surface area contributed by atoms with Crippen molar-refractivity contribution >= 4 is 35.9 Å². The predicted molar refractivity (Wildman–Crippen MR) is 146 cm³/mol. The van der Waals surface area contributed by atoms with E-state index in [2.05, 4.69) is 0 Å². The van der Waals surface area contributed by atoms with Gasteiger partial charge >= 0.3 is 17.9 Å². The molecule has 0 fully saturated rings. The lowest BCUT2D eigenvalue weighted by atomic mass is 9.79. The van der Waals surface area contributed by atoms with Crippen LogP contribution in [0.1, 0.15) is 60.8 Å². The molecule has 0 aliphatic rings. The largest absolute Gasteiger partial charge is 0.463 e. The molecule has 0 aliphatic carbocycles. The van der Waals surface area contributed by atoms with Gasteiger partial charge in [0.25, 0.3) is 7.37 Å². The summed E-state index contributed by atoms with van der Waals surface area (Å²) in [5.41, 5.74) is -2.49. The van der Waals surface area contributed by atoms with Gasteiger partial charge in [-0.3, -0.25) is 14.2 Å². The van der Waals surface area contributed by atoms with E-state index < -0.39 is 36.3 Å². The van der Waals surface area contributed by atoms with Gasteiger partial charge in [0.1, 0.15) is 6.61 Å². The fraction of sp³-hybridized carbons (Fsp3) is 0.483. The first-order valence-electron chi connectivity index (χ1n) is 12.8. The smallest absolute Gasteiger partial charge is 0.350 e. The van der Waals surface area contributed by atoms with Gasteiger partial charge in [-0.25, -0.2) is 4.79 Å². The van der Waals surface area contributed by atoms with E-state index in [1.165, 1.54) is 13.8 Å². The van der Waals surface area contributed by atoms with Crippen LogP contribution in [-0.2, 0) is 37.7 Å². The first-order valence-corrected chi connectivity index (χ1v) is 14.4. The molecule has 0 saturated heterocycles. The molecule has 0 spiro atoms. The predicted octanol–water partition coefficient (Wildman–Crippen LogP) is 4.95. The molecule has 2 aromatic rings. The number of carbonyl (C=O) groups excluding carboxylic acids is 3. The highest BCUT2D eigenvalue weighted by Crippen LogP contribution is 2.44. The van der Waals surface area contributed by atoms with Crippen molar-refractivity contribution in [3.63, 3.8) is 0 Å². The Morgan fingerprint density at radius 2 is 1.37 bits per heavy atom. The number of ether oxygens (including phenoxy) is 3. The molecule has 208 valence electrons. The van der Waals surface area contributed by atoms with E-state index in [-0.39, 0.29) is 32.2 Å². The molecular weight excluding hydrogens is 507 g/mol. The Labute approximate surface area is 225 Å². The Hall–Kier alpha value is -2.96. The first-order chi connectivity index (χ1) is 17.9. The van der Waals surface area contributed by atoms with Crippen molar-refractivity contribution < 1.29 is 37.7 Å². The summed E-state index contributed by atoms with van der Waals surface area (Å²) in [4.78, 5) is 37.4. The van der Waals surface area contributed by atoms with Crippen LogP contribution in [0.3, 0.4) is 0 Å². The van der Waals surface area contributed by atoms with Crippen molar-refractivity contribution in [2.75, 3.05) is 13.2 Å². The minimum absolute atomic E-state index is 0.0710. The van der Waals surface area contributed by atoms with Gasteiger partial charge in [0, 0.05) is 17.5 Å². The van der Waals surface area contributed by atoms with Crippen LogP contribution < -0.4 is 10.6 Å². The third-order valence-electron chi connectivity index (χ3n) is 6.35. The minimum atomic E-state index is -3.39. The summed E-state index contributed by atoms with van der Waals surface area (Å²) < 4.78 is 35.9. The van der Waals surface area contributed by atoms with Crippen LogP contribution in [0.4, 0.5) is 0 Å². The number of hydrogen-bond acceptors (Lipinski definition) is 8. The molecule has 0 aromatic heterocycles. The highest BCUT2D eigenvalue weighted by atomic mass is 31.2. The lowest BCUT2D eigenvalue weighted by molar-refractivity contribution is -0.184. The molecule has 0 aliphatic heterocycles. The monoisotopic (exact) mass is 546 g/mol. The molecule has 2 rings (SSSR count). The molecule has 38 heavy (non-hydrogen) atoms. The molecule has 0 amide bonds. The van der Waals surface area contributed by atoms with Crippen molar-refractivity contribution in [2.24, 2.45) is 5.41 Å². The van der Waals surface area contributed by atoms with E-state index in [9.17, 15) is 18.9 Å². The van der Waals surface area contributed by atoms with Gasteiger partial charge in [-0.05, 0) is 71.2 Å². The molecule has 8 nitrogen and oxygen atoms in total. The van der Waals surface area contributed by atoms with Crippen LogP contribution in [0.15, 0.2) is 60.7 Å². The third kappa shape index (κ3) is 8.27. The summed E-state index contributed by atoms with van der Waals surface area (Å²) in [6.45, 7) is 9.51. The van der Waals surface area contributed by atoms with E-state index in [0.717, 1.165) is 0 Å². The van der Waals surface area contributed by atoms with Crippen molar-refractivity contribution in [1.29, 1.82) is 0 Å². The van der Waals surface area contributed by atoms with E-state index >= 15 is 0 Å². The lowest BCUT2D eigenvalue weighted by Gasteiger charge is -2.32. The number of carbonyl (C=O) groups is 3. The zero-order valence-corrected chi connectivity index (χ0v) is 24.0. The maximum absolute atomic E-state index is 13.9. The van der Waals surface area contributed by atoms with Crippen LogP contribution in [0, 0.1) is 5.41 Å². The Balaban J connectivity index is 2.06. The van der Waals surface area contributed by atoms with Crippen LogP contribution in [0.5, 0.6) is 0 Å². The maximum atomic E-state index is 13.9. The molecule has 2 aromatic carbocycles. The fourth-order valence-electron chi connectivity index (χ4n) is 3.81. The van der Waals surface area contributed by atoms with E-state index in [4.69, 9.17) is 18.7 Å². The molecule has 0 saturated carbocycles. The molecule has 2 atom stereocenters. The van der Waals surface area contributed by atoms with Gasteiger partial charge in [-0.15, -0.1) is 0 Å². The van der Waals surface area contributed by atoms with Crippen molar-refractivity contribution in [1.82, 2.24) is 0 Å². The first kappa shape index (κ1) is 31.3. The van der Waals surface area contributed by atoms with Gasteiger partial charge < -0.3 is 18.7 Å². The fourth-order valence-corrected chi connectivity index (χ4v) is 5.87. The van der Waals surface area contributed by atoms with Gasteiger partial charge in [-0.1, -0.05) is 43.3 Å². The second kappa shape index (κ2) is 13.7. The summed E-state index contributed by atoms with van der Waals surface area (Å²) >= 11 is 0. The zero-order chi connectivity index (χ0) is 28.4. The van der Waals surface area contributed by atoms with E-state index in [0.29, 0.717) is 17.0 Å². The van der Waals surface area contributed by atoms with Gasteiger partial charge in [0.2, 0.25) is 5.60 Å². The second-order valence-corrected chi connectivity index (χ2v) is 12.3. The summed E-state index contributed by atoms with van der Waals surface area (Å²) in [7, 11) is -3.39. The SMILES string of the molecule is CCC(C)(CCC(C)(OC(C)=O)C(=O)OC(C)C)C(=O)OCCOP(=O)(c1ccccc1)c1ccccc1. The topological polar surface area (TPSA) is 105 Å². The molecule has 2 unspecified atom stereocenters. The van der Waals surface area contributed by atoms with Crippen molar-refractivity contribution in [2.45, 2.75) is 72.5 Å². The highest BCUT2D eigenvalue weighted by Gasteiger charge is 2.43. The van der Waals surface area contributed by atoms with Crippen LogP contribution in [0.25, 0.3) is 0 Å². The average molecular weight is 547 g/mol. The molecule has 0 heterocycles. The van der Waals surface area contributed by atoms with E-state index in [1.54, 1.807) is 69.3 Å².